The second-order valence-corrected chi connectivity index (χ2v) is 7.66. The van der Waals surface area contributed by atoms with Crippen molar-refractivity contribution in [2.75, 3.05) is 17.2 Å². The minimum Gasteiger partial charge on any atom is -0.494 e. The highest BCUT2D eigenvalue weighted by molar-refractivity contribution is 7.15. The summed E-state index contributed by atoms with van der Waals surface area (Å²) in [6.07, 6.45) is 0.909. The summed E-state index contributed by atoms with van der Waals surface area (Å²) in [7, 11) is 0. The first kappa shape index (κ1) is 20.5. The van der Waals surface area contributed by atoms with Crippen LogP contribution in [0.1, 0.15) is 19.8 Å². The van der Waals surface area contributed by atoms with E-state index in [0.29, 0.717) is 24.4 Å². The van der Waals surface area contributed by atoms with Crippen molar-refractivity contribution in [2.24, 2.45) is 0 Å². The van der Waals surface area contributed by atoms with Crippen molar-refractivity contribution in [1.29, 1.82) is 0 Å². The van der Waals surface area contributed by atoms with Gasteiger partial charge in [0.05, 0.1) is 12.3 Å². The van der Waals surface area contributed by atoms with Crippen molar-refractivity contribution in [2.45, 2.75) is 19.8 Å². The molecule has 0 saturated heterocycles. The lowest BCUT2D eigenvalue weighted by Gasteiger charge is -2.05. The normalized spacial score (nSPS) is 10.7. The highest BCUT2D eigenvalue weighted by atomic mass is 32.1. The number of anilines is 2. The van der Waals surface area contributed by atoms with Crippen molar-refractivity contribution in [3.63, 3.8) is 0 Å². The van der Waals surface area contributed by atoms with Crippen molar-refractivity contribution in [1.82, 2.24) is 14.6 Å². The number of hydrogen-bond donors (Lipinski definition) is 2. The van der Waals surface area contributed by atoms with E-state index in [1.165, 1.54) is 18.3 Å². The van der Waals surface area contributed by atoms with Crippen LogP contribution >= 0.6 is 11.3 Å². The standard InChI is InChI=1S/C22H21N5O3S/c1-15(28)23-17-11-9-16(10-12-17)19-14-31-22-25-21(26-27(19)22)24-20(29)8-5-13-30-18-6-3-2-4-7-18/h2-4,6-7,9-12,14H,5,8,13H2,1H3,(H,23,28)(H,24,26,29). The fourth-order valence-corrected chi connectivity index (χ4v) is 3.82. The molecule has 0 bridgehead atoms. The number of nitrogens with one attached hydrogen (secondary N) is 2. The number of hydrogen-bond acceptors (Lipinski definition) is 6. The lowest BCUT2D eigenvalue weighted by atomic mass is 10.1. The maximum Gasteiger partial charge on any atom is 0.250 e. The number of rotatable bonds is 8. The van der Waals surface area contributed by atoms with Crippen molar-refractivity contribution < 1.29 is 14.3 Å². The lowest BCUT2D eigenvalue weighted by Crippen LogP contribution is -2.14. The molecule has 4 aromatic rings. The number of nitrogens with zero attached hydrogens (tertiary/aromatic N) is 3. The molecule has 0 unspecified atom stereocenters. The quantitative estimate of drug-likeness (QED) is 0.404. The van der Waals surface area contributed by atoms with Gasteiger partial charge in [0.2, 0.25) is 22.7 Å². The molecule has 0 spiro atoms. The van der Waals surface area contributed by atoms with Crippen LogP contribution in [0.2, 0.25) is 0 Å². The van der Waals surface area contributed by atoms with E-state index in [1.807, 2.05) is 60.0 Å². The van der Waals surface area contributed by atoms with E-state index >= 15 is 0 Å². The van der Waals surface area contributed by atoms with Crippen LogP contribution in [0.3, 0.4) is 0 Å². The topological polar surface area (TPSA) is 97.6 Å². The molecule has 2 amide bonds. The molecule has 8 nitrogen and oxygen atoms in total. The molecule has 0 fully saturated rings. The number of carbonyl (C=O) groups is 2. The molecule has 0 aliphatic rings. The van der Waals surface area contributed by atoms with Gasteiger partial charge in [-0.1, -0.05) is 30.3 Å². The highest BCUT2D eigenvalue weighted by Crippen LogP contribution is 2.27. The summed E-state index contributed by atoms with van der Waals surface area (Å²) in [4.78, 5) is 28.4. The van der Waals surface area contributed by atoms with Crippen LogP contribution in [-0.2, 0) is 9.59 Å². The zero-order valence-corrected chi connectivity index (χ0v) is 17.7. The average Bonchev–Trinajstić information content (AvgIpc) is 3.32. The van der Waals surface area contributed by atoms with E-state index in [2.05, 4.69) is 20.7 Å². The minimum absolute atomic E-state index is 0.117. The largest absolute Gasteiger partial charge is 0.494 e. The molecule has 0 aliphatic heterocycles. The van der Waals surface area contributed by atoms with Gasteiger partial charge < -0.3 is 10.1 Å². The number of fused-ring (bicyclic) bond motifs is 1. The fourth-order valence-electron chi connectivity index (χ4n) is 2.99. The number of para-hydroxylation sites is 1. The van der Waals surface area contributed by atoms with Crippen molar-refractivity contribution >= 4 is 39.7 Å². The number of thiazole rings is 1. The number of aromatic nitrogens is 3. The van der Waals surface area contributed by atoms with E-state index in [9.17, 15) is 9.59 Å². The van der Waals surface area contributed by atoms with E-state index in [4.69, 9.17) is 4.74 Å². The van der Waals surface area contributed by atoms with E-state index in [0.717, 1.165) is 22.7 Å². The van der Waals surface area contributed by atoms with Gasteiger partial charge in [-0.25, -0.2) is 4.52 Å². The van der Waals surface area contributed by atoms with E-state index in [1.54, 1.807) is 4.52 Å². The van der Waals surface area contributed by atoms with Crippen molar-refractivity contribution in [3.05, 3.63) is 60.0 Å². The van der Waals surface area contributed by atoms with Crippen molar-refractivity contribution in [3.8, 4) is 17.0 Å². The average molecular weight is 436 g/mol. The molecular weight excluding hydrogens is 414 g/mol. The summed E-state index contributed by atoms with van der Waals surface area (Å²) >= 11 is 1.44. The van der Waals surface area contributed by atoms with Gasteiger partial charge in [-0.3, -0.25) is 14.9 Å². The predicted octanol–water partition coefficient (Wildman–Crippen LogP) is 4.21. The first-order valence-electron chi connectivity index (χ1n) is 9.78. The molecule has 9 heteroatoms. The second kappa shape index (κ2) is 9.40. The molecule has 2 aromatic heterocycles. The summed E-state index contributed by atoms with van der Waals surface area (Å²) in [5.74, 6) is 0.790. The lowest BCUT2D eigenvalue weighted by molar-refractivity contribution is -0.116. The van der Waals surface area contributed by atoms with Gasteiger partial charge in [-0.05, 0) is 30.7 Å². The zero-order valence-electron chi connectivity index (χ0n) is 16.9. The van der Waals surface area contributed by atoms with E-state index in [-0.39, 0.29) is 17.8 Å². The Morgan fingerprint density at radius 1 is 1.06 bits per heavy atom. The van der Waals surface area contributed by atoms with Crippen LogP contribution < -0.4 is 15.4 Å². The Balaban J connectivity index is 1.34. The smallest absolute Gasteiger partial charge is 0.250 e. The highest BCUT2D eigenvalue weighted by Gasteiger charge is 2.13. The van der Waals surface area contributed by atoms with Gasteiger partial charge in [-0.15, -0.1) is 16.4 Å². The number of amides is 2. The SMILES string of the molecule is CC(=O)Nc1ccc(-c2csc3nc(NC(=O)CCCOc4ccccc4)nn23)cc1. The van der Waals surface area contributed by atoms with Gasteiger partial charge in [-0.2, -0.15) is 4.98 Å². The van der Waals surface area contributed by atoms with Gasteiger partial charge >= 0.3 is 0 Å². The summed E-state index contributed by atoms with van der Waals surface area (Å²) in [5, 5.41) is 11.9. The molecule has 0 radical (unpaired) electrons. The Kier molecular flexibility index (Phi) is 6.23. The first-order valence-corrected chi connectivity index (χ1v) is 10.7. The fraction of sp³-hybridized carbons (Fsp3) is 0.182. The predicted molar refractivity (Wildman–Crippen MR) is 120 cm³/mol. The molecule has 158 valence electrons. The molecule has 0 aliphatic carbocycles. The molecule has 31 heavy (non-hydrogen) atoms. The summed E-state index contributed by atoms with van der Waals surface area (Å²) in [5.41, 5.74) is 2.52. The Morgan fingerprint density at radius 2 is 1.84 bits per heavy atom. The maximum atomic E-state index is 12.2. The van der Waals surface area contributed by atoms with Crippen LogP contribution in [0, 0.1) is 0 Å². The van der Waals surface area contributed by atoms with Crippen LogP contribution in [0.5, 0.6) is 5.75 Å². The van der Waals surface area contributed by atoms with Crippen LogP contribution in [0.25, 0.3) is 16.2 Å². The Bertz CT molecular complexity index is 1190. The summed E-state index contributed by atoms with van der Waals surface area (Å²) in [6.45, 7) is 1.93. The molecule has 4 rings (SSSR count). The third-order valence-electron chi connectivity index (χ3n) is 4.39. The summed E-state index contributed by atoms with van der Waals surface area (Å²) in [6, 6.07) is 17.0. The number of ether oxygens (including phenoxy) is 1. The molecule has 2 N–H and O–H groups in total. The number of benzene rings is 2. The monoisotopic (exact) mass is 435 g/mol. The third kappa shape index (κ3) is 5.26. The van der Waals surface area contributed by atoms with Gasteiger partial charge in [0.15, 0.2) is 0 Å². The first-order chi connectivity index (χ1) is 15.1. The molecular formula is C22H21N5O3S. The Hall–Kier alpha value is -3.72. The molecule has 2 heterocycles. The van der Waals surface area contributed by atoms with Crippen LogP contribution in [0.4, 0.5) is 11.6 Å². The van der Waals surface area contributed by atoms with E-state index < -0.39 is 0 Å². The maximum absolute atomic E-state index is 12.2. The summed E-state index contributed by atoms with van der Waals surface area (Å²) < 4.78 is 7.30. The molecule has 0 saturated carbocycles. The Morgan fingerprint density at radius 3 is 2.58 bits per heavy atom. The third-order valence-corrected chi connectivity index (χ3v) is 5.21. The van der Waals surface area contributed by atoms with Gasteiger partial charge in [0, 0.05) is 30.0 Å². The zero-order chi connectivity index (χ0) is 21.6. The second-order valence-electron chi connectivity index (χ2n) is 6.82. The number of carbonyl (C=O) groups excluding carboxylic acids is 2. The Labute approximate surface area is 182 Å². The van der Waals surface area contributed by atoms with Gasteiger partial charge in [0.25, 0.3) is 0 Å². The van der Waals surface area contributed by atoms with Crippen LogP contribution in [-0.4, -0.2) is 33.0 Å². The molecule has 0 atom stereocenters. The van der Waals surface area contributed by atoms with Gasteiger partial charge in [0.1, 0.15) is 5.75 Å². The minimum atomic E-state index is -0.156. The van der Waals surface area contributed by atoms with Crippen LogP contribution in [0.15, 0.2) is 60.0 Å². The molecule has 2 aromatic carbocycles.